The molecule has 3 nitrogen and oxygen atoms in total. The van der Waals surface area contributed by atoms with Gasteiger partial charge in [0.25, 0.3) is 5.97 Å². The van der Waals surface area contributed by atoms with E-state index in [1.807, 2.05) is 0 Å². The fraction of sp³-hybridized carbons (Fsp3) is 1.00. The second-order valence-corrected chi connectivity index (χ2v) is 4.82. The average Bonchev–Trinajstić information content (AvgIpc) is 2.09. The molecule has 0 aromatic heterocycles. The minimum Gasteiger partial charge on any atom is -0.343 e. The van der Waals surface area contributed by atoms with E-state index in [2.05, 4.69) is 22.9 Å². The Morgan fingerprint density at radius 2 is 1.50 bits per heavy atom. The van der Waals surface area contributed by atoms with Crippen molar-refractivity contribution in [1.29, 1.82) is 0 Å². The fourth-order valence-corrected chi connectivity index (χ4v) is 1.62. The minimum atomic E-state index is -2.58. The highest BCUT2D eigenvalue weighted by atomic mass is 79.9. The first-order chi connectivity index (χ1) is 6.48. The molecule has 0 saturated carbocycles. The molecule has 0 aromatic rings. The van der Waals surface area contributed by atoms with Gasteiger partial charge in [-0.25, -0.2) is 0 Å². The Balaban J connectivity index is 3.28. The Hall–Kier alpha value is 0.360. The van der Waals surface area contributed by atoms with Crippen molar-refractivity contribution in [3.63, 3.8) is 0 Å². The van der Waals surface area contributed by atoms with Crippen LogP contribution in [0.2, 0.25) is 0 Å². The summed E-state index contributed by atoms with van der Waals surface area (Å²) < 4.78 is 0. The molecule has 0 amide bonds. The lowest BCUT2D eigenvalue weighted by Gasteiger charge is -2.20. The van der Waals surface area contributed by atoms with Crippen LogP contribution in [0.4, 0.5) is 0 Å². The zero-order chi connectivity index (χ0) is 11.0. The van der Waals surface area contributed by atoms with Crippen LogP contribution in [0.25, 0.3) is 0 Å². The summed E-state index contributed by atoms with van der Waals surface area (Å²) in [5.74, 6) is -2.58. The number of aliphatic hydroxyl groups is 3. The zero-order valence-corrected chi connectivity index (χ0v) is 10.3. The highest BCUT2D eigenvalue weighted by Crippen LogP contribution is 2.20. The van der Waals surface area contributed by atoms with Crippen molar-refractivity contribution in [3.05, 3.63) is 0 Å². The van der Waals surface area contributed by atoms with E-state index in [0.717, 1.165) is 12.8 Å². The molecule has 0 heterocycles. The summed E-state index contributed by atoms with van der Waals surface area (Å²) in [6, 6.07) is 0. The Morgan fingerprint density at radius 1 is 1.00 bits per heavy atom. The summed E-state index contributed by atoms with van der Waals surface area (Å²) in [5.41, 5.74) is 0. The third-order valence-electron chi connectivity index (χ3n) is 2.23. The first-order valence-corrected chi connectivity index (χ1v) is 6.21. The first-order valence-electron chi connectivity index (χ1n) is 5.29. The molecule has 0 aromatic carbocycles. The van der Waals surface area contributed by atoms with Crippen LogP contribution in [-0.4, -0.2) is 26.1 Å². The molecule has 0 spiro atoms. The summed E-state index contributed by atoms with van der Waals surface area (Å²) in [7, 11) is 0. The maximum Gasteiger partial charge on any atom is 0.288 e. The van der Waals surface area contributed by atoms with E-state index in [9.17, 15) is 0 Å². The number of hydrogen-bond donors (Lipinski definition) is 3. The molecule has 0 aliphatic carbocycles. The topological polar surface area (TPSA) is 60.7 Å². The van der Waals surface area contributed by atoms with Gasteiger partial charge in [0.1, 0.15) is 0 Å². The normalized spacial score (nSPS) is 14.4. The van der Waals surface area contributed by atoms with Crippen molar-refractivity contribution in [1.82, 2.24) is 0 Å². The van der Waals surface area contributed by atoms with Crippen molar-refractivity contribution in [2.45, 2.75) is 62.7 Å². The van der Waals surface area contributed by atoms with Gasteiger partial charge in [-0.1, -0.05) is 61.4 Å². The van der Waals surface area contributed by atoms with E-state index >= 15 is 0 Å². The molecule has 86 valence electrons. The maximum absolute atomic E-state index is 8.79. The van der Waals surface area contributed by atoms with Crippen LogP contribution in [0.5, 0.6) is 0 Å². The quantitative estimate of drug-likeness (QED) is 0.359. The molecule has 0 bridgehead atoms. The summed E-state index contributed by atoms with van der Waals surface area (Å²) in [4.78, 5) is -0.652. The molecule has 4 heteroatoms. The number of halogens is 1. The van der Waals surface area contributed by atoms with Gasteiger partial charge in [0.2, 0.25) is 0 Å². The van der Waals surface area contributed by atoms with Crippen LogP contribution in [0, 0.1) is 0 Å². The monoisotopic (exact) mass is 268 g/mol. The molecular formula is C10H21BrO3. The fourth-order valence-electron chi connectivity index (χ4n) is 1.30. The lowest BCUT2D eigenvalue weighted by Crippen LogP contribution is -2.37. The predicted molar refractivity (Wildman–Crippen MR) is 60.1 cm³/mol. The molecule has 0 rings (SSSR count). The third kappa shape index (κ3) is 7.74. The highest BCUT2D eigenvalue weighted by Gasteiger charge is 2.28. The van der Waals surface area contributed by atoms with Gasteiger partial charge in [0, 0.05) is 0 Å². The predicted octanol–water partition coefficient (Wildman–Crippen LogP) is 2.13. The molecule has 0 saturated heterocycles. The van der Waals surface area contributed by atoms with Crippen LogP contribution in [-0.2, 0) is 0 Å². The van der Waals surface area contributed by atoms with E-state index in [-0.39, 0.29) is 0 Å². The Morgan fingerprint density at radius 3 is 2.00 bits per heavy atom. The van der Waals surface area contributed by atoms with Gasteiger partial charge in [-0.3, -0.25) is 0 Å². The Kier molecular flexibility index (Phi) is 7.82. The van der Waals surface area contributed by atoms with Gasteiger partial charge in [-0.2, -0.15) is 0 Å². The largest absolute Gasteiger partial charge is 0.343 e. The minimum absolute atomic E-state index is 0.579. The van der Waals surface area contributed by atoms with Gasteiger partial charge in [-0.15, -0.1) is 0 Å². The average molecular weight is 269 g/mol. The second kappa shape index (κ2) is 7.63. The van der Waals surface area contributed by atoms with Crippen molar-refractivity contribution >= 4 is 15.9 Å². The summed E-state index contributed by atoms with van der Waals surface area (Å²) in [5, 5.41) is 26.4. The zero-order valence-electron chi connectivity index (χ0n) is 8.75. The molecule has 3 N–H and O–H groups in total. The molecule has 14 heavy (non-hydrogen) atoms. The lowest BCUT2D eigenvalue weighted by atomic mass is 10.1. The van der Waals surface area contributed by atoms with Crippen molar-refractivity contribution < 1.29 is 15.3 Å². The van der Waals surface area contributed by atoms with E-state index in [1.165, 1.54) is 25.7 Å². The van der Waals surface area contributed by atoms with Crippen LogP contribution < -0.4 is 0 Å². The van der Waals surface area contributed by atoms with Crippen LogP contribution >= 0.6 is 15.9 Å². The number of hydrogen-bond acceptors (Lipinski definition) is 3. The molecule has 0 aliphatic rings. The van der Waals surface area contributed by atoms with Crippen LogP contribution in [0.1, 0.15) is 51.9 Å². The van der Waals surface area contributed by atoms with Crippen molar-refractivity contribution in [2.24, 2.45) is 0 Å². The molecular weight excluding hydrogens is 248 g/mol. The Bertz CT molecular complexity index is 134. The number of unbranched alkanes of at least 4 members (excludes halogenated alkanes) is 5. The standard InChI is InChI=1S/C10H21BrO3/c1-2-3-4-5-6-7-8-9(11)10(12,13)14/h9,12-14H,2-8H2,1H3. The van der Waals surface area contributed by atoms with E-state index < -0.39 is 10.8 Å². The SMILES string of the molecule is CCCCCCCCC(Br)C(O)(O)O. The molecule has 0 aliphatic heterocycles. The smallest absolute Gasteiger partial charge is 0.288 e. The second-order valence-electron chi connectivity index (χ2n) is 3.71. The van der Waals surface area contributed by atoms with Crippen molar-refractivity contribution in [2.75, 3.05) is 0 Å². The summed E-state index contributed by atoms with van der Waals surface area (Å²) in [6.07, 6.45) is 7.49. The summed E-state index contributed by atoms with van der Waals surface area (Å²) >= 11 is 3.03. The molecule has 1 unspecified atom stereocenters. The van der Waals surface area contributed by atoms with Crippen LogP contribution in [0.3, 0.4) is 0 Å². The van der Waals surface area contributed by atoms with E-state index in [1.54, 1.807) is 0 Å². The molecule has 0 fully saturated rings. The molecule has 0 radical (unpaired) electrons. The first kappa shape index (κ1) is 14.4. The lowest BCUT2D eigenvalue weighted by molar-refractivity contribution is -0.309. The van der Waals surface area contributed by atoms with Crippen molar-refractivity contribution in [3.8, 4) is 0 Å². The van der Waals surface area contributed by atoms with Gasteiger partial charge in [0.15, 0.2) is 0 Å². The van der Waals surface area contributed by atoms with Gasteiger partial charge >= 0.3 is 0 Å². The number of alkyl halides is 1. The van der Waals surface area contributed by atoms with Gasteiger partial charge in [0.05, 0.1) is 4.83 Å². The van der Waals surface area contributed by atoms with Gasteiger partial charge < -0.3 is 15.3 Å². The number of rotatable bonds is 8. The Labute approximate surface area is 94.3 Å². The maximum atomic E-state index is 8.79. The third-order valence-corrected chi connectivity index (χ3v) is 3.30. The van der Waals surface area contributed by atoms with Gasteiger partial charge in [-0.05, 0) is 6.42 Å². The van der Waals surface area contributed by atoms with E-state index in [0.29, 0.717) is 6.42 Å². The summed E-state index contributed by atoms with van der Waals surface area (Å²) in [6.45, 7) is 2.17. The molecule has 1 atom stereocenters. The van der Waals surface area contributed by atoms with Crippen LogP contribution in [0.15, 0.2) is 0 Å². The highest BCUT2D eigenvalue weighted by molar-refractivity contribution is 9.09. The van der Waals surface area contributed by atoms with E-state index in [4.69, 9.17) is 15.3 Å².